The van der Waals surface area contributed by atoms with Crippen LogP contribution in [0.1, 0.15) is 97.3 Å². The lowest BCUT2D eigenvalue weighted by molar-refractivity contribution is -0.191. The summed E-state index contributed by atoms with van der Waals surface area (Å²) in [5.41, 5.74) is 0. The van der Waals surface area contributed by atoms with Crippen LogP contribution < -0.4 is 10.6 Å². The standard InChI is InChI=1S/C22H40N2O7.CO2/c1-3-5-6-7-8-9-10-11-12-13-16-31-19(25)15-14-18(21(28)29)24-22(30)23-17(4-2)20(26)27;2-1-3/h17-18H,3-16H2,1-2H3,(H,26,27)(H,28,29)(H2,23,24,30);/t17-,18-;/m0./s1. The number of urea groups is 1. The molecule has 11 nitrogen and oxygen atoms in total. The third-order valence-electron chi connectivity index (χ3n) is 5.01. The van der Waals surface area contributed by atoms with Gasteiger partial charge in [-0.05, 0) is 19.3 Å². The number of esters is 1. The molecule has 2 amide bonds. The van der Waals surface area contributed by atoms with Crippen LogP contribution in [0.4, 0.5) is 4.79 Å². The number of aliphatic carboxylic acids is 2. The first-order valence-electron chi connectivity index (χ1n) is 11.9. The summed E-state index contributed by atoms with van der Waals surface area (Å²) < 4.78 is 5.12. The molecule has 0 aromatic heterocycles. The average Bonchev–Trinajstić information content (AvgIpc) is 2.78. The van der Waals surface area contributed by atoms with Gasteiger partial charge in [0.25, 0.3) is 0 Å². The smallest absolute Gasteiger partial charge is 0.373 e. The number of carboxylic acid groups (broad SMARTS) is 2. The molecule has 0 unspecified atom stereocenters. The second-order valence-corrected chi connectivity index (χ2v) is 7.83. The Labute approximate surface area is 201 Å². The van der Waals surface area contributed by atoms with Crippen molar-refractivity contribution in [2.24, 2.45) is 0 Å². The number of hydrogen-bond donors (Lipinski definition) is 4. The minimum absolute atomic E-state index is 0.135. The average molecular weight is 489 g/mol. The molecule has 0 aliphatic heterocycles. The highest BCUT2D eigenvalue weighted by Crippen LogP contribution is 2.10. The number of nitrogens with one attached hydrogen (secondary N) is 2. The fraction of sp³-hybridized carbons (Fsp3) is 0.783. The fourth-order valence-electron chi connectivity index (χ4n) is 3.06. The minimum atomic E-state index is -1.31. The Morgan fingerprint density at radius 2 is 1.21 bits per heavy atom. The first-order chi connectivity index (χ1) is 16.2. The lowest BCUT2D eigenvalue weighted by atomic mass is 10.1. The molecular weight excluding hydrogens is 448 g/mol. The number of hydrogen-bond acceptors (Lipinski definition) is 7. The minimum Gasteiger partial charge on any atom is -0.480 e. The van der Waals surface area contributed by atoms with Gasteiger partial charge in [0.2, 0.25) is 0 Å². The van der Waals surface area contributed by atoms with Crippen LogP contribution >= 0.6 is 0 Å². The molecule has 0 fully saturated rings. The Kier molecular flexibility index (Phi) is 22.7. The highest BCUT2D eigenvalue weighted by molar-refractivity contribution is 5.86. The van der Waals surface area contributed by atoms with Crippen molar-refractivity contribution in [2.75, 3.05) is 6.61 Å². The van der Waals surface area contributed by atoms with E-state index in [9.17, 15) is 24.3 Å². The van der Waals surface area contributed by atoms with Gasteiger partial charge < -0.3 is 25.6 Å². The normalized spacial score (nSPS) is 11.7. The summed E-state index contributed by atoms with van der Waals surface area (Å²) in [5, 5.41) is 22.5. The first kappa shape index (κ1) is 33.2. The summed E-state index contributed by atoms with van der Waals surface area (Å²) >= 11 is 0. The predicted molar refractivity (Wildman–Crippen MR) is 122 cm³/mol. The van der Waals surface area contributed by atoms with E-state index in [2.05, 4.69) is 17.6 Å². The number of carbonyl (C=O) groups excluding carboxylic acids is 4. The van der Waals surface area contributed by atoms with Crippen LogP contribution in [0.2, 0.25) is 0 Å². The van der Waals surface area contributed by atoms with Crippen LogP contribution in [0.5, 0.6) is 0 Å². The molecule has 0 aliphatic carbocycles. The van der Waals surface area contributed by atoms with Crippen molar-refractivity contribution in [1.82, 2.24) is 10.6 Å². The molecular formula is C23H40N2O9. The van der Waals surface area contributed by atoms with Crippen LogP contribution in [-0.2, 0) is 28.7 Å². The van der Waals surface area contributed by atoms with Crippen molar-refractivity contribution in [3.63, 3.8) is 0 Å². The zero-order chi connectivity index (χ0) is 26.2. The van der Waals surface area contributed by atoms with Gasteiger partial charge in [-0.1, -0.05) is 71.6 Å². The number of carboxylic acids is 2. The van der Waals surface area contributed by atoms with Gasteiger partial charge in [0.1, 0.15) is 12.1 Å². The van der Waals surface area contributed by atoms with E-state index < -0.39 is 36.0 Å². The largest absolute Gasteiger partial charge is 0.480 e. The summed E-state index contributed by atoms with van der Waals surface area (Å²) in [6.45, 7) is 4.09. The molecule has 0 saturated heterocycles. The van der Waals surface area contributed by atoms with Gasteiger partial charge in [-0.25, -0.2) is 14.4 Å². The van der Waals surface area contributed by atoms with E-state index in [1.807, 2.05) is 0 Å². The third kappa shape index (κ3) is 20.9. The Bertz CT molecular complexity index is 620. The molecule has 0 spiro atoms. The van der Waals surface area contributed by atoms with Crippen LogP contribution in [-0.4, -0.2) is 59.0 Å². The highest BCUT2D eigenvalue weighted by atomic mass is 16.5. The Hall–Kier alpha value is -2.94. The van der Waals surface area contributed by atoms with Gasteiger partial charge in [0.05, 0.1) is 6.61 Å². The van der Waals surface area contributed by atoms with Crippen molar-refractivity contribution < 1.29 is 43.7 Å². The van der Waals surface area contributed by atoms with Crippen molar-refractivity contribution in [3.8, 4) is 0 Å². The Morgan fingerprint density at radius 3 is 1.65 bits per heavy atom. The molecule has 0 saturated carbocycles. The monoisotopic (exact) mass is 488 g/mol. The molecule has 11 heteroatoms. The van der Waals surface area contributed by atoms with Crippen molar-refractivity contribution in [3.05, 3.63) is 0 Å². The molecule has 0 heterocycles. The molecule has 0 radical (unpaired) electrons. The summed E-state index contributed by atoms with van der Waals surface area (Å²) in [5.74, 6) is -3.03. The zero-order valence-electron chi connectivity index (χ0n) is 20.3. The van der Waals surface area contributed by atoms with Gasteiger partial charge in [0.15, 0.2) is 0 Å². The van der Waals surface area contributed by atoms with E-state index in [1.165, 1.54) is 44.9 Å². The van der Waals surface area contributed by atoms with Crippen LogP contribution in [0.3, 0.4) is 0 Å². The van der Waals surface area contributed by atoms with Crippen LogP contribution in [0.25, 0.3) is 0 Å². The van der Waals surface area contributed by atoms with Gasteiger partial charge in [-0.2, -0.15) is 9.59 Å². The van der Waals surface area contributed by atoms with Crippen molar-refractivity contribution >= 4 is 30.1 Å². The molecule has 4 N–H and O–H groups in total. The Balaban J connectivity index is 0. The maximum Gasteiger partial charge on any atom is 0.373 e. The van der Waals surface area contributed by atoms with E-state index >= 15 is 0 Å². The summed E-state index contributed by atoms with van der Waals surface area (Å²) in [4.78, 5) is 62.1. The van der Waals surface area contributed by atoms with Gasteiger partial charge in [-0.3, -0.25) is 4.79 Å². The lowest BCUT2D eigenvalue weighted by Gasteiger charge is -2.17. The second-order valence-electron chi connectivity index (χ2n) is 7.83. The first-order valence-corrected chi connectivity index (χ1v) is 11.9. The van der Waals surface area contributed by atoms with Gasteiger partial charge in [0, 0.05) is 6.42 Å². The van der Waals surface area contributed by atoms with Crippen molar-refractivity contribution in [1.29, 1.82) is 0 Å². The molecule has 0 aliphatic rings. The highest BCUT2D eigenvalue weighted by Gasteiger charge is 2.24. The summed E-state index contributed by atoms with van der Waals surface area (Å²) in [6, 6.07) is -3.32. The molecule has 0 rings (SSSR count). The predicted octanol–water partition coefficient (Wildman–Crippen LogP) is 3.26. The molecule has 0 aromatic carbocycles. The molecule has 0 bridgehead atoms. The number of amides is 2. The topological polar surface area (TPSA) is 176 Å². The molecule has 2 atom stereocenters. The number of ether oxygens (including phenoxy) is 1. The number of carbonyl (C=O) groups is 4. The summed E-state index contributed by atoms with van der Waals surface area (Å²) in [6.07, 6.45) is 11.9. The zero-order valence-corrected chi connectivity index (χ0v) is 20.3. The van der Waals surface area contributed by atoms with E-state index in [0.29, 0.717) is 6.61 Å². The quantitative estimate of drug-likeness (QED) is 0.157. The number of rotatable bonds is 19. The van der Waals surface area contributed by atoms with Crippen LogP contribution in [0.15, 0.2) is 0 Å². The number of unbranched alkanes of at least 4 members (excludes halogenated alkanes) is 9. The summed E-state index contributed by atoms with van der Waals surface area (Å²) in [7, 11) is 0. The van der Waals surface area contributed by atoms with Crippen LogP contribution in [0, 0.1) is 0 Å². The van der Waals surface area contributed by atoms with E-state index in [0.717, 1.165) is 19.3 Å². The van der Waals surface area contributed by atoms with E-state index in [4.69, 9.17) is 19.4 Å². The Morgan fingerprint density at radius 1 is 0.765 bits per heavy atom. The third-order valence-corrected chi connectivity index (χ3v) is 5.01. The van der Waals surface area contributed by atoms with E-state index in [1.54, 1.807) is 6.92 Å². The molecule has 34 heavy (non-hydrogen) atoms. The fourth-order valence-corrected chi connectivity index (χ4v) is 3.06. The van der Waals surface area contributed by atoms with E-state index in [-0.39, 0.29) is 25.4 Å². The lowest BCUT2D eigenvalue weighted by Crippen LogP contribution is -2.51. The second kappa shape index (κ2) is 23.2. The van der Waals surface area contributed by atoms with Gasteiger partial charge >= 0.3 is 30.1 Å². The molecule has 0 aromatic rings. The SMILES string of the molecule is CCCCCCCCCCCCOC(=O)CC[C@H](NC(=O)N[C@@H](CC)C(=O)O)C(=O)O.O=C=O. The van der Waals surface area contributed by atoms with Crippen molar-refractivity contribution in [2.45, 2.75) is 109 Å². The molecule has 196 valence electrons. The van der Waals surface area contributed by atoms with Gasteiger partial charge in [-0.15, -0.1) is 0 Å². The maximum absolute atomic E-state index is 11.8. The maximum atomic E-state index is 11.8.